The van der Waals surface area contributed by atoms with Gasteiger partial charge >= 0.3 is 0 Å². The van der Waals surface area contributed by atoms with Crippen molar-refractivity contribution < 1.29 is 17.7 Å². The maximum Gasteiger partial charge on any atom is 0.272 e. The molecule has 21 heavy (non-hydrogen) atoms. The van der Waals surface area contributed by atoms with Gasteiger partial charge in [0.1, 0.15) is 0 Å². The van der Waals surface area contributed by atoms with Crippen molar-refractivity contribution in [2.75, 3.05) is 4.72 Å². The summed E-state index contributed by atoms with van der Waals surface area (Å²) in [6.07, 6.45) is 1.24. The fraction of sp³-hybridized carbons (Fsp3) is 0.0833. The summed E-state index contributed by atoms with van der Waals surface area (Å²) in [6.45, 7) is 1.42. The lowest BCUT2D eigenvalue weighted by atomic mass is 10.2. The van der Waals surface area contributed by atoms with Crippen molar-refractivity contribution in [2.24, 2.45) is 0 Å². The number of nitrogens with zero attached hydrogens (tertiary/aromatic N) is 2. The van der Waals surface area contributed by atoms with Crippen molar-refractivity contribution in [3.8, 4) is 0 Å². The van der Waals surface area contributed by atoms with Gasteiger partial charge in [0, 0.05) is 17.8 Å². The van der Waals surface area contributed by atoms with Crippen LogP contribution in [0.15, 0.2) is 41.4 Å². The average Bonchev–Trinajstić information content (AvgIpc) is 2.40. The van der Waals surface area contributed by atoms with E-state index in [9.17, 15) is 22.9 Å². The molecule has 1 aromatic carbocycles. The van der Waals surface area contributed by atoms with Crippen LogP contribution in [0.4, 0.5) is 15.9 Å². The lowest BCUT2D eigenvalue weighted by molar-refractivity contribution is -0.385. The highest BCUT2D eigenvalue weighted by atomic mass is 32.2. The first kappa shape index (κ1) is 14.9. The van der Waals surface area contributed by atoms with E-state index in [1.54, 1.807) is 0 Å². The SMILES string of the molecule is Cc1cc(S(=O)(=O)Nc2ncccc2F)ccc1[N+](=O)[O-]. The Morgan fingerprint density at radius 3 is 2.62 bits per heavy atom. The summed E-state index contributed by atoms with van der Waals surface area (Å²) in [5.74, 6) is -1.26. The predicted molar refractivity (Wildman–Crippen MR) is 72.8 cm³/mol. The number of nitro benzene ring substituents is 1. The van der Waals surface area contributed by atoms with E-state index >= 15 is 0 Å². The Hall–Kier alpha value is -2.55. The van der Waals surface area contributed by atoms with E-state index in [2.05, 4.69) is 4.98 Å². The summed E-state index contributed by atoms with van der Waals surface area (Å²) in [5, 5.41) is 10.7. The molecule has 0 aliphatic carbocycles. The smallest absolute Gasteiger partial charge is 0.261 e. The van der Waals surface area contributed by atoms with Gasteiger partial charge in [0.2, 0.25) is 0 Å². The molecule has 2 aromatic rings. The van der Waals surface area contributed by atoms with Crippen LogP contribution in [-0.4, -0.2) is 18.3 Å². The molecule has 1 N–H and O–H groups in total. The first-order valence-electron chi connectivity index (χ1n) is 5.69. The van der Waals surface area contributed by atoms with Crippen LogP contribution in [0.25, 0.3) is 0 Å². The summed E-state index contributed by atoms with van der Waals surface area (Å²) >= 11 is 0. The van der Waals surface area contributed by atoms with Gasteiger partial charge in [-0.1, -0.05) is 0 Å². The summed E-state index contributed by atoms with van der Waals surface area (Å²) in [7, 11) is -4.08. The Bertz CT molecular complexity index is 808. The van der Waals surface area contributed by atoms with Crippen LogP contribution in [0.2, 0.25) is 0 Å². The molecule has 110 valence electrons. The fourth-order valence-electron chi connectivity index (χ4n) is 1.65. The number of pyridine rings is 1. The number of nitrogens with one attached hydrogen (secondary N) is 1. The quantitative estimate of drug-likeness (QED) is 0.689. The number of aryl methyl sites for hydroxylation is 1. The zero-order valence-electron chi connectivity index (χ0n) is 10.8. The predicted octanol–water partition coefficient (Wildman–Crippen LogP) is 2.24. The molecule has 0 radical (unpaired) electrons. The first-order chi connectivity index (χ1) is 9.81. The number of hydrogen-bond donors (Lipinski definition) is 1. The Labute approximate surface area is 119 Å². The average molecular weight is 311 g/mol. The number of rotatable bonds is 4. The van der Waals surface area contributed by atoms with Crippen molar-refractivity contribution in [3.05, 3.63) is 58.0 Å². The van der Waals surface area contributed by atoms with Crippen LogP contribution in [0.5, 0.6) is 0 Å². The van der Waals surface area contributed by atoms with E-state index in [4.69, 9.17) is 0 Å². The molecule has 9 heteroatoms. The van der Waals surface area contributed by atoms with Gasteiger partial charge in [0.05, 0.1) is 9.82 Å². The minimum atomic E-state index is -4.08. The molecule has 0 bridgehead atoms. The van der Waals surface area contributed by atoms with Gasteiger partial charge in [-0.3, -0.25) is 14.8 Å². The summed E-state index contributed by atoms with van der Waals surface area (Å²) < 4.78 is 39.6. The third kappa shape index (κ3) is 3.14. The molecular weight excluding hydrogens is 301 g/mol. The van der Waals surface area contributed by atoms with Crippen LogP contribution in [0.1, 0.15) is 5.56 Å². The van der Waals surface area contributed by atoms with Crippen LogP contribution in [0, 0.1) is 22.9 Å². The zero-order chi connectivity index (χ0) is 15.6. The number of nitro groups is 1. The molecule has 1 heterocycles. The normalized spacial score (nSPS) is 11.1. The molecule has 0 saturated heterocycles. The van der Waals surface area contributed by atoms with E-state index in [-0.39, 0.29) is 16.1 Å². The highest BCUT2D eigenvalue weighted by molar-refractivity contribution is 7.92. The fourth-order valence-corrected chi connectivity index (χ4v) is 2.75. The molecule has 0 amide bonds. The molecule has 0 aliphatic rings. The summed E-state index contributed by atoms with van der Waals surface area (Å²) in [4.78, 5) is 13.5. The molecule has 0 atom stereocenters. The van der Waals surface area contributed by atoms with E-state index in [1.165, 1.54) is 19.2 Å². The molecule has 0 unspecified atom stereocenters. The minimum absolute atomic E-state index is 0.185. The first-order valence-corrected chi connectivity index (χ1v) is 7.18. The van der Waals surface area contributed by atoms with Gasteiger partial charge in [0.15, 0.2) is 11.6 Å². The van der Waals surface area contributed by atoms with Crippen LogP contribution >= 0.6 is 0 Å². The highest BCUT2D eigenvalue weighted by Crippen LogP contribution is 2.23. The molecule has 0 fully saturated rings. The summed E-state index contributed by atoms with van der Waals surface area (Å²) in [5.41, 5.74) is -0.0117. The minimum Gasteiger partial charge on any atom is -0.261 e. The number of sulfonamides is 1. The Morgan fingerprint density at radius 1 is 1.33 bits per heavy atom. The Kier molecular flexibility index (Phi) is 3.85. The number of aromatic nitrogens is 1. The second-order valence-corrected chi connectivity index (χ2v) is 5.83. The van der Waals surface area contributed by atoms with Gasteiger partial charge in [-0.2, -0.15) is 0 Å². The molecule has 0 saturated carbocycles. The van der Waals surface area contributed by atoms with Crippen LogP contribution in [-0.2, 0) is 10.0 Å². The highest BCUT2D eigenvalue weighted by Gasteiger charge is 2.20. The van der Waals surface area contributed by atoms with E-state index in [0.29, 0.717) is 0 Å². The summed E-state index contributed by atoms with van der Waals surface area (Å²) in [6, 6.07) is 5.68. The second kappa shape index (κ2) is 5.44. The largest absolute Gasteiger partial charge is 0.272 e. The maximum absolute atomic E-state index is 13.4. The standard InChI is InChI=1S/C12H10FN3O4S/c1-8-7-9(4-5-11(8)16(17)18)21(19,20)15-12-10(13)3-2-6-14-12/h2-7H,1H3,(H,14,15). The van der Waals surface area contributed by atoms with E-state index < -0.39 is 26.6 Å². The number of benzene rings is 1. The lowest BCUT2D eigenvalue weighted by Crippen LogP contribution is -2.15. The number of halogens is 1. The number of hydrogen-bond acceptors (Lipinski definition) is 5. The molecule has 1 aromatic heterocycles. The van der Waals surface area contributed by atoms with E-state index in [1.807, 2.05) is 4.72 Å². The second-order valence-electron chi connectivity index (χ2n) is 4.14. The molecule has 7 nitrogen and oxygen atoms in total. The molecule has 0 aliphatic heterocycles. The maximum atomic E-state index is 13.4. The third-order valence-electron chi connectivity index (χ3n) is 2.66. The number of anilines is 1. The van der Waals surface area contributed by atoms with Crippen molar-refractivity contribution >= 4 is 21.5 Å². The monoisotopic (exact) mass is 311 g/mol. The van der Waals surface area contributed by atoms with Crippen molar-refractivity contribution in [2.45, 2.75) is 11.8 Å². The molecule has 0 spiro atoms. The van der Waals surface area contributed by atoms with Gasteiger partial charge in [0.25, 0.3) is 15.7 Å². The van der Waals surface area contributed by atoms with Gasteiger partial charge < -0.3 is 0 Å². The Morgan fingerprint density at radius 2 is 2.05 bits per heavy atom. The van der Waals surface area contributed by atoms with E-state index in [0.717, 1.165) is 24.3 Å². The van der Waals surface area contributed by atoms with Crippen molar-refractivity contribution in [1.82, 2.24) is 4.98 Å². The zero-order valence-corrected chi connectivity index (χ0v) is 11.6. The van der Waals surface area contributed by atoms with Gasteiger partial charge in [-0.25, -0.2) is 17.8 Å². The molecular formula is C12H10FN3O4S. The lowest BCUT2D eigenvalue weighted by Gasteiger charge is -2.08. The third-order valence-corrected chi connectivity index (χ3v) is 4.00. The van der Waals surface area contributed by atoms with Gasteiger partial charge in [-0.15, -0.1) is 0 Å². The van der Waals surface area contributed by atoms with Crippen LogP contribution in [0.3, 0.4) is 0 Å². The molecule has 2 rings (SSSR count). The van der Waals surface area contributed by atoms with Crippen molar-refractivity contribution in [3.63, 3.8) is 0 Å². The topological polar surface area (TPSA) is 102 Å². The Balaban J connectivity index is 2.39. The van der Waals surface area contributed by atoms with Crippen molar-refractivity contribution in [1.29, 1.82) is 0 Å². The van der Waals surface area contributed by atoms with Crippen LogP contribution < -0.4 is 4.72 Å². The van der Waals surface area contributed by atoms with Gasteiger partial charge in [-0.05, 0) is 31.2 Å².